The number of piperazine rings is 1. The molecule has 5 heteroatoms. The van der Waals surface area contributed by atoms with E-state index in [1.165, 1.54) is 5.69 Å². The fourth-order valence-corrected chi connectivity index (χ4v) is 3.29. The monoisotopic (exact) mass is 309 g/mol. The van der Waals surface area contributed by atoms with Crippen LogP contribution < -0.4 is 15.5 Å². The van der Waals surface area contributed by atoms with Crippen LogP contribution in [0.15, 0.2) is 36.4 Å². The average molecular weight is 309 g/mol. The molecule has 1 saturated heterocycles. The third-order valence-electron chi connectivity index (χ3n) is 4.37. The maximum Gasteiger partial charge on any atom is 0.133 e. The van der Waals surface area contributed by atoms with E-state index in [1.807, 2.05) is 10.6 Å². The van der Waals surface area contributed by atoms with Gasteiger partial charge < -0.3 is 20.1 Å². The lowest BCUT2D eigenvalue weighted by molar-refractivity contribution is 0.568. The average Bonchev–Trinajstić information content (AvgIpc) is 2.92. The number of anilines is 3. The van der Waals surface area contributed by atoms with Crippen molar-refractivity contribution in [3.63, 3.8) is 0 Å². The highest BCUT2D eigenvalue weighted by atomic mass is 15.3. The highest BCUT2D eigenvalue weighted by Gasteiger charge is 2.24. The summed E-state index contributed by atoms with van der Waals surface area (Å²) in [6.45, 7) is 7.89. The topological polar surface area (TPSA) is 61.2 Å². The molecule has 5 nitrogen and oxygen atoms in total. The summed E-state index contributed by atoms with van der Waals surface area (Å²) >= 11 is 0. The van der Waals surface area contributed by atoms with Crippen molar-refractivity contribution in [1.29, 1.82) is 5.26 Å². The van der Waals surface area contributed by atoms with Crippen LogP contribution in [0.2, 0.25) is 0 Å². The smallest absolute Gasteiger partial charge is 0.133 e. The highest BCUT2D eigenvalue weighted by molar-refractivity contribution is 5.68. The Hall–Kier alpha value is -2.61. The molecule has 1 aliphatic heterocycles. The molecule has 1 fully saturated rings. The third-order valence-corrected chi connectivity index (χ3v) is 4.37. The van der Waals surface area contributed by atoms with E-state index >= 15 is 0 Å². The molecule has 23 heavy (non-hydrogen) atoms. The lowest BCUT2D eigenvalue weighted by Crippen LogP contribution is -2.47. The molecule has 0 unspecified atom stereocenters. The van der Waals surface area contributed by atoms with E-state index in [9.17, 15) is 5.26 Å². The van der Waals surface area contributed by atoms with Crippen LogP contribution in [-0.4, -0.2) is 30.7 Å². The molecule has 2 aromatic rings. The first-order valence-corrected chi connectivity index (χ1v) is 8.07. The molecule has 1 aromatic carbocycles. The van der Waals surface area contributed by atoms with Gasteiger partial charge in [0.25, 0.3) is 0 Å². The van der Waals surface area contributed by atoms with E-state index < -0.39 is 0 Å². The van der Waals surface area contributed by atoms with E-state index in [1.54, 1.807) is 6.07 Å². The third kappa shape index (κ3) is 2.85. The molecule has 0 atom stereocenters. The highest BCUT2D eigenvalue weighted by Crippen LogP contribution is 2.32. The minimum atomic E-state index is 0.212. The summed E-state index contributed by atoms with van der Waals surface area (Å²) in [6.07, 6.45) is 0. The largest absolute Gasteiger partial charge is 0.396 e. The normalized spacial score (nSPS) is 15.0. The lowest BCUT2D eigenvalue weighted by Gasteiger charge is -2.38. The van der Waals surface area contributed by atoms with Gasteiger partial charge in [-0.2, -0.15) is 5.26 Å². The predicted molar refractivity (Wildman–Crippen MR) is 94.8 cm³/mol. The second-order valence-electron chi connectivity index (χ2n) is 6.19. The maximum absolute atomic E-state index is 9.34. The molecule has 1 aromatic heterocycles. The molecule has 2 N–H and O–H groups in total. The van der Waals surface area contributed by atoms with Gasteiger partial charge in [0.1, 0.15) is 17.6 Å². The van der Waals surface area contributed by atoms with Crippen molar-refractivity contribution in [3.8, 4) is 6.07 Å². The molecule has 0 radical (unpaired) electrons. The van der Waals surface area contributed by atoms with Gasteiger partial charge in [-0.05, 0) is 32.0 Å². The summed E-state index contributed by atoms with van der Waals surface area (Å²) in [7, 11) is 0. The number of hydrogen-bond acceptors (Lipinski definition) is 4. The van der Waals surface area contributed by atoms with E-state index in [0.717, 1.165) is 32.0 Å². The van der Waals surface area contributed by atoms with Crippen LogP contribution in [0.25, 0.3) is 0 Å². The number of benzene rings is 1. The minimum Gasteiger partial charge on any atom is -0.396 e. The number of nitriles is 1. The second kappa shape index (κ2) is 6.25. The number of aromatic nitrogens is 1. The molecule has 0 spiro atoms. The summed E-state index contributed by atoms with van der Waals surface area (Å²) in [6, 6.07) is 14.7. The Bertz CT molecular complexity index is 703. The van der Waals surface area contributed by atoms with Crippen molar-refractivity contribution < 1.29 is 0 Å². The first-order valence-electron chi connectivity index (χ1n) is 8.07. The summed E-state index contributed by atoms with van der Waals surface area (Å²) < 4.78 is 2.05. The lowest BCUT2D eigenvalue weighted by atomic mass is 10.2. The zero-order valence-corrected chi connectivity index (χ0v) is 13.7. The quantitative estimate of drug-likeness (QED) is 0.947. The van der Waals surface area contributed by atoms with Crippen molar-refractivity contribution >= 4 is 17.2 Å². The molecular weight excluding hydrogens is 286 g/mol. The van der Waals surface area contributed by atoms with Gasteiger partial charge in [0.15, 0.2) is 0 Å². The number of nitrogen functional groups attached to an aromatic ring is 1. The zero-order chi connectivity index (χ0) is 16.4. The van der Waals surface area contributed by atoms with Gasteiger partial charge in [-0.1, -0.05) is 18.2 Å². The maximum atomic E-state index is 9.34. The van der Waals surface area contributed by atoms with Crippen LogP contribution in [0.3, 0.4) is 0 Å². The molecular formula is C18H23N5. The van der Waals surface area contributed by atoms with Crippen LogP contribution in [0, 0.1) is 11.3 Å². The number of nitrogens with zero attached hydrogens (tertiary/aromatic N) is 4. The minimum absolute atomic E-state index is 0.212. The molecule has 3 rings (SSSR count). The first-order chi connectivity index (χ1) is 11.1. The van der Waals surface area contributed by atoms with Crippen molar-refractivity contribution in [1.82, 2.24) is 4.57 Å². The Morgan fingerprint density at radius 1 is 1.04 bits per heavy atom. The van der Waals surface area contributed by atoms with Crippen LogP contribution in [-0.2, 0) is 0 Å². The SMILES string of the molecule is CC(C)n1c(C#N)cc(N)c1N1CCN(c2ccccc2)CC1. The molecule has 1 aliphatic rings. The fourth-order valence-electron chi connectivity index (χ4n) is 3.29. The molecule has 0 bridgehead atoms. The van der Waals surface area contributed by atoms with Crippen molar-refractivity contribution in [2.45, 2.75) is 19.9 Å². The van der Waals surface area contributed by atoms with Crippen molar-refractivity contribution in [2.75, 3.05) is 41.7 Å². The van der Waals surface area contributed by atoms with Gasteiger partial charge in [-0.3, -0.25) is 0 Å². The van der Waals surface area contributed by atoms with E-state index in [-0.39, 0.29) is 6.04 Å². The molecule has 0 amide bonds. The number of nitrogens with two attached hydrogens (primary N) is 1. The predicted octanol–water partition coefficient (Wildman–Crippen LogP) is 2.85. The van der Waals surface area contributed by atoms with Crippen LogP contribution >= 0.6 is 0 Å². The number of hydrogen-bond donors (Lipinski definition) is 1. The van der Waals surface area contributed by atoms with Crippen LogP contribution in [0.5, 0.6) is 0 Å². The second-order valence-corrected chi connectivity index (χ2v) is 6.19. The summed E-state index contributed by atoms with van der Waals surface area (Å²) in [4.78, 5) is 4.69. The molecule has 0 aliphatic carbocycles. The number of rotatable bonds is 3. The van der Waals surface area contributed by atoms with Gasteiger partial charge >= 0.3 is 0 Å². The molecule has 120 valence electrons. The Kier molecular flexibility index (Phi) is 4.16. The zero-order valence-electron chi connectivity index (χ0n) is 13.7. The van der Waals surface area contributed by atoms with Crippen LogP contribution in [0.1, 0.15) is 25.6 Å². The number of para-hydroxylation sites is 1. The standard InChI is InChI=1S/C18H23N5/c1-14(2)23-16(13-19)12-17(20)18(23)22-10-8-21(9-11-22)15-6-4-3-5-7-15/h3-7,12,14H,8-11,20H2,1-2H3. The van der Waals surface area contributed by atoms with Crippen LogP contribution in [0.4, 0.5) is 17.2 Å². The van der Waals surface area contributed by atoms with Crippen molar-refractivity contribution in [3.05, 3.63) is 42.1 Å². The van der Waals surface area contributed by atoms with Crippen molar-refractivity contribution in [2.24, 2.45) is 0 Å². The Labute approximate surface area is 137 Å². The molecule has 2 heterocycles. The Balaban J connectivity index is 1.81. The van der Waals surface area contributed by atoms with Gasteiger partial charge in [0, 0.05) is 37.9 Å². The summed E-state index contributed by atoms with van der Waals surface area (Å²) in [5.41, 5.74) is 8.80. The molecule has 0 saturated carbocycles. The van der Waals surface area contributed by atoms with E-state index in [4.69, 9.17) is 5.73 Å². The fraction of sp³-hybridized carbons (Fsp3) is 0.389. The first kappa shape index (κ1) is 15.3. The van der Waals surface area contributed by atoms with E-state index in [2.05, 4.69) is 54.0 Å². The van der Waals surface area contributed by atoms with E-state index in [0.29, 0.717) is 11.4 Å². The van der Waals surface area contributed by atoms with Gasteiger partial charge in [-0.15, -0.1) is 0 Å². The summed E-state index contributed by atoms with van der Waals surface area (Å²) in [5.74, 6) is 0.990. The van der Waals surface area contributed by atoms with Gasteiger partial charge in [0.2, 0.25) is 0 Å². The Morgan fingerprint density at radius 3 is 2.22 bits per heavy atom. The van der Waals surface area contributed by atoms with Gasteiger partial charge in [-0.25, -0.2) is 0 Å². The summed E-state index contributed by atoms with van der Waals surface area (Å²) in [5, 5.41) is 9.34. The van der Waals surface area contributed by atoms with Gasteiger partial charge in [0.05, 0.1) is 5.69 Å². The Morgan fingerprint density at radius 2 is 1.65 bits per heavy atom.